The van der Waals surface area contributed by atoms with E-state index in [-0.39, 0.29) is 6.04 Å². The van der Waals surface area contributed by atoms with Gasteiger partial charge in [0, 0.05) is 11.6 Å². The molecular weight excluding hydrogens is 240 g/mol. The molecule has 0 saturated carbocycles. The summed E-state index contributed by atoms with van der Waals surface area (Å²) < 4.78 is 7.25. The van der Waals surface area contributed by atoms with Crippen molar-refractivity contribution in [3.05, 3.63) is 36.4 Å². The third-order valence-corrected chi connectivity index (χ3v) is 3.06. The molecule has 1 N–H and O–H groups in total. The highest BCUT2D eigenvalue weighted by atomic mass is 16.5. The fourth-order valence-electron chi connectivity index (χ4n) is 2.14. The quantitative estimate of drug-likeness (QED) is 0.866. The Balaban J connectivity index is 2.43. The molecule has 1 unspecified atom stereocenters. The number of benzene rings is 1. The van der Waals surface area contributed by atoms with Crippen LogP contribution in [-0.2, 0) is 0 Å². The summed E-state index contributed by atoms with van der Waals surface area (Å²) in [6.45, 7) is 5.25. The van der Waals surface area contributed by atoms with Crippen LogP contribution in [0.25, 0.3) is 5.69 Å². The number of hydrogen-bond donors (Lipinski definition) is 1. The van der Waals surface area contributed by atoms with Crippen molar-refractivity contribution in [2.75, 3.05) is 13.7 Å². The molecule has 0 amide bonds. The molecule has 1 atom stereocenters. The van der Waals surface area contributed by atoms with Crippen LogP contribution in [0.5, 0.6) is 5.75 Å². The monoisotopic (exact) mass is 260 g/mol. The lowest BCUT2D eigenvalue weighted by Crippen LogP contribution is -2.21. The molecule has 1 heterocycles. The molecule has 2 rings (SSSR count). The van der Waals surface area contributed by atoms with Crippen LogP contribution in [-0.4, -0.2) is 28.4 Å². The molecular formula is C14H20N4O. The molecule has 0 bridgehead atoms. The first-order valence-corrected chi connectivity index (χ1v) is 6.53. The van der Waals surface area contributed by atoms with Gasteiger partial charge in [0.25, 0.3) is 0 Å². The van der Waals surface area contributed by atoms with Crippen molar-refractivity contribution in [2.45, 2.75) is 26.3 Å². The second-order valence-corrected chi connectivity index (χ2v) is 4.41. The zero-order valence-electron chi connectivity index (χ0n) is 11.6. The largest absolute Gasteiger partial charge is 0.496 e. The predicted molar refractivity (Wildman–Crippen MR) is 74.6 cm³/mol. The lowest BCUT2D eigenvalue weighted by atomic mass is 10.0. The first kappa shape index (κ1) is 13.5. The minimum atomic E-state index is 0.190. The summed E-state index contributed by atoms with van der Waals surface area (Å²) in [6, 6.07) is 6.15. The third-order valence-electron chi connectivity index (χ3n) is 3.06. The van der Waals surface area contributed by atoms with E-state index in [2.05, 4.69) is 29.2 Å². The van der Waals surface area contributed by atoms with Crippen molar-refractivity contribution >= 4 is 0 Å². The second-order valence-electron chi connectivity index (χ2n) is 4.41. The van der Waals surface area contributed by atoms with Crippen LogP contribution in [0.1, 0.15) is 31.9 Å². The van der Waals surface area contributed by atoms with Gasteiger partial charge in [-0.25, -0.2) is 9.67 Å². The molecule has 1 aromatic carbocycles. The lowest BCUT2D eigenvalue weighted by molar-refractivity contribution is 0.401. The highest BCUT2D eigenvalue weighted by Crippen LogP contribution is 2.30. The van der Waals surface area contributed by atoms with E-state index in [1.54, 1.807) is 18.1 Å². The Hall–Kier alpha value is -1.88. The van der Waals surface area contributed by atoms with E-state index in [0.717, 1.165) is 30.0 Å². The molecule has 2 aromatic rings. The Morgan fingerprint density at radius 2 is 2.26 bits per heavy atom. The van der Waals surface area contributed by atoms with E-state index >= 15 is 0 Å². The average molecular weight is 260 g/mol. The fourth-order valence-corrected chi connectivity index (χ4v) is 2.14. The van der Waals surface area contributed by atoms with Gasteiger partial charge in [0.15, 0.2) is 0 Å². The average Bonchev–Trinajstić information content (AvgIpc) is 2.97. The van der Waals surface area contributed by atoms with Gasteiger partial charge < -0.3 is 10.1 Å². The maximum Gasteiger partial charge on any atom is 0.138 e. The van der Waals surface area contributed by atoms with Crippen molar-refractivity contribution in [2.24, 2.45) is 0 Å². The van der Waals surface area contributed by atoms with Crippen LogP contribution in [0.15, 0.2) is 30.9 Å². The van der Waals surface area contributed by atoms with Crippen molar-refractivity contribution in [3.63, 3.8) is 0 Å². The molecule has 19 heavy (non-hydrogen) atoms. The van der Waals surface area contributed by atoms with Crippen LogP contribution in [0.2, 0.25) is 0 Å². The predicted octanol–water partition coefficient (Wildman–Crippen LogP) is 2.34. The van der Waals surface area contributed by atoms with Gasteiger partial charge in [-0.05, 0) is 32.0 Å². The Morgan fingerprint density at radius 3 is 2.89 bits per heavy atom. The molecule has 102 valence electrons. The van der Waals surface area contributed by atoms with Crippen LogP contribution in [0, 0.1) is 0 Å². The standard InChI is InChI=1S/C14H20N4O/c1-4-8-16-11(2)14-12(18-10-15-9-17-18)6-5-7-13(14)19-3/h5-7,9-11,16H,4,8H2,1-3H3. The smallest absolute Gasteiger partial charge is 0.138 e. The zero-order valence-corrected chi connectivity index (χ0v) is 11.6. The molecule has 0 fully saturated rings. The molecule has 5 nitrogen and oxygen atoms in total. The summed E-state index contributed by atoms with van der Waals surface area (Å²) in [6.07, 6.45) is 4.33. The maximum absolute atomic E-state index is 5.48. The van der Waals surface area contributed by atoms with Gasteiger partial charge >= 0.3 is 0 Å². The first-order valence-electron chi connectivity index (χ1n) is 6.53. The van der Waals surface area contributed by atoms with E-state index in [4.69, 9.17) is 4.74 Å². The van der Waals surface area contributed by atoms with Crippen LogP contribution in [0.3, 0.4) is 0 Å². The number of ether oxygens (including phenoxy) is 1. The Kier molecular flexibility index (Phi) is 4.52. The van der Waals surface area contributed by atoms with Crippen molar-refractivity contribution in [3.8, 4) is 11.4 Å². The van der Waals surface area contributed by atoms with Gasteiger partial charge in [-0.3, -0.25) is 0 Å². The summed E-state index contributed by atoms with van der Waals surface area (Å²) in [5, 5.41) is 7.69. The Morgan fingerprint density at radius 1 is 1.42 bits per heavy atom. The molecule has 0 spiro atoms. The van der Waals surface area contributed by atoms with E-state index < -0.39 is 0 Å². The zero-order chi connectivity index (χ0) is 13.7. The van der Waals surface area contributed by atoms with Crippen LogP contribution in [0.4, 0.5) is 0 Å². The molecule has 0 aliphatic rings. The van der Waals surface area contributed by atoms with Crippen molar-refractivity contribution in [1.82, 2.24) is 20.1 Å². The topological polar surface area (TPSA) is 52.0 Å². The summed E-state index contributed by atoms with van der Waals surface area (Å²) in [5.74, 6) is 0.865. The highest BCUT2D eigenvalue weighted by molar-refractivity contribution is 5.50. The van der Waals surface area contributed by atoms with Crippen molar-refractivity contribution in [1.29, 1.82) is 0 Å². The minimum Gasteiger partial charge on any atom is -0.496 e. The van der Waals surface area contributed by atoms with E-state index in [9.17, 15) is 0 Å². The van der Waals surface area contributed by atoms with Gasteiger partial charge in [-0.15, -0.1) is 0 Å². The fraction of sp³-hybridized carbons (Fsp3) is 0.429. The van der Waals surface area contributed by atoms with Gasteiger partial charge in [-0.1, -0.05) is 13.0 Å². The highest BCUT2D eigenvalue weighted by Gasteiger charge is 2.17. The number of hydrogen-bond acceptors (Lipinski definition) is 4. The summed E-state index contributed by atoms with van der Waals surface area (Å²) in [5.41, 5.74) is 2.09. The molecule has 1 aromatic heterocycles. The summed E-state index contributed by atoms with van der Waals surface area (Å²) in [4.78, 5) is 4.01. The van der Waals surface area contributed by atoms with Crippen LogP contribution < -0.4 is 10.1 Å². The van der Waals surface area contributed by atoms with E-state index in [1.165, 1.54) is 6.33 Å². The number of methoxy groups -OCH3 is 1. The Bertz CT molecular complexity index is 510. The molecule has 0 saturated heterocycles. The second kappa shape index (κ2) is 6.33. The van der Waals surface area contributed by atoms with Gasteiger partial charge in [0.1, 0.15) is 18.4 Å². The Labute approximate surface area is 113 Å². The van der Waals surface area contributed by atoms with Gasteiger partial charge in [-0.2, -0.15) is 5.10 Å². The normalized spacial score (nSPS) is 12.4. The van der Waals surface area contributed by atoms with Gasteiger partial charge in [0.2, 0.25) is 0 Å². The minimum absolute atomic E-state index is 0.190. The summed E-state index contributed by atoms with van der Waals surface area (Å²) >= 11 is 0. The van der Waals surface area contributed by atoms with Crippen molar-refractivity contribution < 1.29 is 4.74 Å². The maximum atomic E-state index is 5.48. The number of nitrogens with zero attached hydrogens (tertiary/aromatic N) is 3. The third kappa shape index (κ3) is 2.93. The first-order chi connectivity index (χ1) is 9.27. The lowest BCUT2D eigenvalue weighted by Gasteiger charge is -2.20. The molecule has 0 aliphatic heterocycles. The number of rotatable bonds is 6. The van der Waals surface area contributed by atoms with Gasteiger partial charge in [0.05, 0.1) is 12.8 Å². The SMILES string of the molecule is CCCNC(C)c1c(OC)cccc1-n1cncn1. The van der Waals surface area contributed by atoms with Crippen LogP contribution >= 0.6 is 0 Å². The summed E-state index contributed by atoms with van der Waals surface area (Å²) in [7, 11) is 1.69. The molecule has 5 heteroatoms. The number of nitrogens with one attached hydrogen (secondary N) is 1. The molecule has 0 aliphatic carbocycles. The molecule has 0 radical (unpaired) electrons. The van der Waals surface area contributed by atoms with E-state index in [0.29, 0.717) is 0 Å². The van der Waals surface area contributed by atoms with E-state index in [1.807, 2.05) is 18.2 Å². The number of aromatic nitrogens is 3.